The zero-order valence-electron chi connectivity index (χ0n) is 14.2. The van der Waals surface area contributed by atoms with Gasteiger partial charge in [-0.25, -0.2) is 0 Å². The highest BCUT2D eigenvalue weighted by atomic mass is 14.6. The summed E-state index contributed by atoms with van der Waals surface area (Å²) in [5, 5.41) is 1.99. The van der Waals surface area contributed by atoms with Crippen molar-refractivity contribution in [1.82, 2.24) is 0 Å². The smallest absolute Gasteiger partial charge is 0.0401 e. The number of fused-ring (bicyclic) bond motifs is 1. The van der Waals surface area contributed by atoms with Crippen LogP contribution < -0.4 is 22.9 Å². The molecule has 0 saturated heterocycles. The predicted molar refractivity (Wildman–Crippen MR) is 112 cm³/mol. The van der Waals surface area contributed by atoms with Crippen molar-refractivity contribution < 1.29 is 0 Å². The van der Waals surface area contributed by atoms with Crippen LogP contribution in [0.4, 0.5) is 22.7 Å². The van der Waals surface area contributed by atoms with E-state index in [1.807, 2.05) is 72.8 Å². The molecule has 0 bridgehead atoms. The normalized spacial score (nSPS) is 10.9. The molecule has 8 N–H and O–H groups in total. The van der Waals surface area contributed by atoms with Gasteiger partial charge in [-0.1, -0.05) is 48.5 Å². The average Bonchev–Trinajstić information content (AvgIpc) is 2.64. The first-order valence-electron chi connectivity index (χ1n) is 8.38. The van der Waals surface area contributed by atoms with Gasteiger partial charge >= 0.3 is 0 Å². The Labute approximate surface area is 152 Å². The number of para-hydroxylation sites is 2. The van der Waals surface area contributed by atoms with Gasteiger partial charge in [-0.05, 0) is 35.0 Å². The highest BCUT2D eigenvalue weighted by molar-refractivity contribution is 6.13. The molecule has 0 saturated carbocycles. The molecule has 0 amide bonds. The first kappa shape index (κ1) is 15.8. The number of hydrogen-bond donors (Lipinski definition) is 4. The molecule has 0 radical (unpaired) electrons. The molecule has 4 aromatic carbocycles. The van der Waals surface area contributed by atoms with Gasteiger partial charge in [-0.2, -0.15) is 0 Å². The molecular formula is C22H20N4. The van der Waals surface area contributed by atoms with E-state index in [2.05, 4.69) is 0 Å². The van der Waals surface area contributed by atoms with Gasteiger partial charge in [0.2, 0.25) is 0 Å². The van der Waals surface area contributed by atoms with E-state index in [-0.39, 0.29) is 0 Å². The molecule has 0 unspecified atom stereocenters. The Bertz CT molecular complexity index is 1040. The predicted octanol–water partition coefficient (Wildman–Crippen LogP) is 4.50. The molecule has 128 valence electrons. The topological polar surface area (TPSA) is 104 Å². The molecule has 0 heterocycles. The molecule has 0 spiro atoms. The van der Waals surface area contributed by atoms with Crippen molar-refractivity contribution in [3.63, 3.8) is 0 Å². The van der Waals surface area contributed by atoms with E-state index < -0.39 is 0 Å². The second-order valence-corrected chi connectivity index (χ2v) is 6.33. The second-order valence-electron chi connectivity index (χ2n) is 6.33. The van der Waals surface area contributed by atoms with Crippen molar-refractivity contribution >= 4 is 33.5 Å². The largest absolute Gasteiger partial charge is 0.398 e. The number of benzene rings is 4. The van der Waals surface area contributed by atoms with Crippen molar-refractivity contribution in [2.45, 2.75) is 0 Å². The lowest BCUT2D eigenvalue weighted by atomic mass is 9.90. The summed E-state index contributed by atoms with van der Waals surface area (Å²) in [6.07, 6.45) is 0. The third-order valence-electron chi connectivity index (χ3n) is 4.73. The summed E-state index contributed by atoms with van der Waals surface area (Å²) in [6, 6.07) is 23.2. The molecule has 26 heavy (non-hydrogen) atoms. The van der Waals surface area contributed by atoms with Crippen LogP contribution in [0.15, 0.2) is 72.8 Å². The van der Waals surface area contributed by atoms with E-state index >= 15 is 0 Å². The Morgan fingerprint density at radius 1 is 0.385 bits per heavy atom. The Hall–Kier alpha value is -3.66. The van der Waals surface area contributed by atoms with Crippen molar-refractivity contribution in [1.29, 1.82) is 0 Å². The van der Waals surface area contributed by atoms with E-state index in [0.717, 1.165) is 33.0 Å². The molecule has 0 aliphatic rings. The molecule has 0 atom stereocenters. The van der Waals surface area contributed by atoms with Gasteiger partial charge in [0.15, 0.2) is 0 Å². The average molecular weight is 340 g/mol. The molecule has 4 rings (SSSR count). The molecule has 4 nitrogen and oxygen atoms in total. The van der Waals surface area contributed by atoms with E-state index in [1.165, 1.54) is 0 Å². The van der Waals surface area contributed by atoms with Crippen molar-refractivity contribution in [3.05, 3.63) is 72.8 Å². The maximum atomic E-state index is 6.33. The zero-order chi connectivity index (χ0) is 18.3. The quantitative estimate of drug-likeness (QED) is 0.403. The Morgan fingerprint density at radius 2 is 0.769 bits per heavy atom. The SMILES string of the molecule is Nc1ccccc1-c1c(N)ccc2c(-c3ccccc3N)c(N)ccc12. The molecule has 0 fully saturated rings. The first-order valence-corrected chi connectivity index (χ1v) is 8.38. The minimum absolute atomic E-state index is 0.673. The molecule has 0 aromatic heterocycles. The van der Waals surface area contributed by atoms with E-state index in [9.17, 15) is 0 Å². The third kappa shape index (κ3) is 2.40. The molecule has 4 heteroatoms. The number of nitrogens with two attached hydrogens (primary N) is 4. The number of nitrogen functional groups attached to an aromatic ring is 4. The molecular weight excluding hydrogens is 320 g/mol. The van der Waals surface area contributed by atoms with Gasteiger partial charge in [-0.15, -0.1) is 0 Å². The highest BCUT2D eigenvalue weighted by Gasteiger charge is 2.16. The first-order chi connectivity index (χ1) is 12.6. The number of anilines is 4. The summed E-state index contributed by atoms with van der Waals surface area (Å²) >= 11 is 0. The van der Waals surface area contributed by atoms with Gasteiger partial charge in [0, 0.05) is 45.0 Å². The van der Waals surface area contributed by atoms with Gasteiger partial charge in [0.05, 0.1) is 0 Å². The van der Waals surface area contributed by atoms with E-state index in [1.54, 1.807) is 0 Å². The van der Waals surface area contributed by atoms with Crippen molar-refractivity contribution in [3.8, 4) is 22.3 Å². The molecule has 4 aromatic rings. The maximum Gasteiger partial charge on any atom is 0.0401 e. The van der Waals surface area contributed by atoms with Gasteiger partial charge < -0.3 is 22.9 Å². The summed E-state index contributed by atoms with van der Waals surface area (Å²) in [4.78, 5) is 0. The Kier molecular flexibility index (Phi) is 3.66. The van der Waals surface area contributed by atoms with E-state index in [0.29, 0.717) is 22.7 Å². The van der Waals surface area contributed by atoms with Crippen LogP contribution in [0.5, 0.6) is 0 Å². The van der Waals surface area contributed by atoms with Crippen LogP contribution in [0.2, 0.25) is 0 Å². The fourth-order valence-corrected chi connectivity index (χ4v) is 3.49. The van der Waals surface area contributed by atoms with E-state index in [4.69, 9.17) is 22.9 Å². The molecule has 0 aliphatic heterocycles. The highest BCUT2D eigenvalue weighted by Crippen LogP contribution is 2.43. The lowest BCUT2D eigenvalue weighted by molar-refractivity contribution is 1.61. The summed E-state index contributed by atoms with van der Waals surface area (Å²) in [5.41, 5.74) is 31.5. The maximum absolute atomic E-state index is 6.33. The zero-order valence-corrected chi connectivity index (χ0v) is 14.2. The van der Waals surface area contributed by atoms with Crippen LogP contribution in [0.3, 0.4) is 0 Å². The van der Waals surface area contributed by atoms with Crippen molar-refractivity contribution in [2.75, 3.05) is 22.9 Å². The monoisotopic (exact) mass is 340 g/mol. The second kappa shape index (κ2) is 6.01. The van der Waals surface area contributed by atoms with Crippen molar-refractivity contribution in [2.24, 2.45) is 0 Å². The standard InChI is InChI=1S/C22H20N4/c23-17-7-3-1-5-15(17)21-13-9-12-20(26)22(14(13)10-11-19(21)25)16-6-2-4-8-18(16)24/h1-12H,23-26H2. The van der Waals surface area contributed by atoms with Gasteiger partial charge in [0.1, 0.15) is 0 Å². The van der Waals surface area contributed by atoms with Gasteiger partial charge in [0.25, 0.3) is 0 Å². The summed E-state index contributed by atoms with van der Waals surface area (Å²) < 4.78 is 0. The minimum atomic E-state index is 0.673. The summed E-state index contributed by atoms with van der Waals surface area (Å²) in [7, 11) is 0. The fourth-order valence-electron chi connectivity index (χ4n) is 3.49. The van der Waals surface area contributed by atoms with Crippen LogP contribution in [-0.4, -0.2) is 0 Å². The number of rotatable bonds is 2. The van der Waals surface area contributed by atoms with Crippen LogP contribution in [0.25, 0.3) is 33.0 Å². The number of hydrogen-bond acceptors (Lipinski definition) is 4. The van der Waals surface area contributed by atoms with Crippen LogP contribution >= 0.6 is 0 Å². The Morgan fingerprint density at radius 3 is 1.15 bits per heavy atom. The lowest BCUT2D eigenvalue weighted by Crippen LogP contribution is -1.99. The molecule has 0 aliphatic carbocycles. The Balaban J connectivity index is 2.12. The fraction of sp³-hybridized carbons (Fsp3) is 0. The van der Waals surface area contributed by atoms with Crippen LogP contribution in [0, 0.1) is 0 Å². The third-order valence-corrected chi connectivity index (χ3v) is 4.73. The minimum Gasteiger partial charge on any atom is -0.398 e. The van der Waals surface area contributed by atoms with Crippen LogP contribution in [0.1, 0.15) is 0 Å². The lowest BCUT2D eigenvalue weighted by Gasteiger charge is -2.17. The van der Waals surface area contributed by atoms with Gasteiger partial charge in [-0.3, -0.25) is 0 Å². The van der Waals surface area contributed by atoms with Crippen LogP contribution in [-0.2, 0) is 0 Å². The summed E-state index contributed by atoms with van der Waals surface area (Å²) in [6.45, 7) is 0. The summed E-state index contributed by atoms with van der Waals surface area (Å²) in [5.74, 6) is 0.